The number of hydrogen-bond acceptors (Lipinski definition) is 3. The van der Waals surface area contributed by atoms with E-state index in [0.717, 1.165) is 11.3 Å². The molecule has 0 saturated carbocycles. The van der Waals surface area contributed by atoms with Crippen molar-refractivity contribution in [2.45, 2.75) is 18.9 Å². The lowest BCUT2D eigenvalue weighted by Crippen LogP contribution is -2.30. The number of aliphatic carboxylic acids is 1. The molecule has 1 atom stereocenters. The standard InChI is InChI=1S/C11H12O4/c1-14-8-3-5-9-7(6-8)2-4-10(15-9)11(12)13/h3,5-6,10H,2,4H2,1H3,(H,12,13). The predicted molar refractivity (Wildman–Crippen MR) is 53.4 cm³/mol. The van der Waals surface area contributed by atoms with Gasteiger partial charge in [0.2, 0.25) is 0 Å². The van der Waals surface area contributed by atoms with Crippen LogP contribution in [0.1, 0.15) is 12.0 Å². The molecular formula is C11H12O4. The molecular weight excluding hydrogens is 196 g/mol. The molecule has 4 heteroatoms. The van der Waals surface area contributed by atoms with Crippen molar-refractivity contribution in [2.75, 3.05) is 7.11 Å². The quantitative estimate of drug-likeness (QED) is 0.799. The summed E-state index contributed by atoms with van der Waals surface area (Å²) in [4.78, 5) is 10.7. The Balaban J connectivity index is 2.24. The van der Waals surface area contributed by atoms with Crippen LogP contribution in [0.25, 0.3) is 0 Å². The summed E-state index contributed by atoms with van der Waals surface area (Å²) in [5.41, 5.74) is 1.01. The third-order valence-corrected chi connectivity index (χ3v) is 2.49. The van der Waals surface area contributed by atoms with E-state index in [1.54, 1.807) is 19.2 Å². The number of carboxylic acid groups (broad SMARTS) is 1. The number of fused-ring (bicyclic) bond motifs is 1. The van der Waals surface area contributed by atoms with Crippen LogP contribution in [-0.4, -0.2) is 24.3 Å². The average molecular weight is 208 g/mol. The van der Waals surface area contributed by atoms with Crippen LogP contribution in [-0.2, 0) is 11.2 Å². The number of carbonyl (C=O) groups is 1. The van der Waals surface area contributed by atoms with Crippen molar-refractivity contribution in [1.29, 1.82) is 0 Å². The first-order chi connectivity index (χ1) is 7.20. The molecule has 1 aromatic rings. The van der Waals surface area contributed by atoms with Crippen LogP contribution in [0.15, 0.2) is 18.2 Å². The Kier molecular flexibility index (Phi) is 2.49. The van der Waals surface area contributed by atoms with Gasteiger partial charge < -0.3 is 14.6 Å². The van der Waals surface area contributed by atoms with E-state index >= 15 is 0 Å². The first kappa shape index (κ1) is 9.83. The zero-order valence-electron chi connectivity index (χ0n) is 8.40. The highest BCUT2D eigenvalue weighted by molar-refractivity contribution is 5.73. The van der Waals surface area contributed by atoms with E-state index < -0.39 is 12.1 Å². The third-order valence-electron chi connectivity index (χ3n) is 2.49. The first-order valence-corrected chi connectivity index (χ1v) is 4.77. The van der Waals surface area contributed by atoms with E-state index in [1.807, 2.05) is 6.07 Å². The molecule has 1 aliphatic heterocycles. The van der Waals surface area contributed by atoms with Gasteiger partial charge in [-0.3, -0.25) is 0 Å². The molecule has 80 valence electrons. The molecule has 4 nitrogen and oxygen atoms in total. The normalized spacial score (nSPS) is 18.9. The van der Waals surface area contributed by atoms with Gasteiger partial charge in [0.1, 0.15) is 11.5 Å². The molecule has 1 unspecified atom stereocenters. The van der Waals surface area contributed by atoms with Gasteiger partial charge in [0, 0.05) is 0 Å². The van der Waals surface area contributed by atoms with Crippen molar-refractivity contribution in [3.05, 3.63) is 23.8 Å². The minimum absolute atomic E-state index is 0.509. The Morgan fingerprint density at radius 3 is 3.07 bits per heavy atom. The minimum Gasteiger partial charge on any atom is -0.497 e. The van der Waals surface area contributed by atoms with Gasteiger partial charge in [-0.15, -0.1) is 0 Å². The number of methoxy groups -OCH3 is 1. The molecule has 0 spiro atoms. The average Bonchev–Trinajstić information content (AvgIpc) is 2.27. The van der Waals surface area contributed by atoms with Gasteiger partial charge in [-0.1, -0.05) is 0 Å². The summed E-state index contributed by atoms with van der Waals surface area (Å²) in [7, 11) is 1.60. The number of ether oxygens (including phenoxy) is 2. The maximum Gasteiger partial charge on any atom is 0.344 e. The van der Waals surface area contributed by atoms with Crippen molar-refractivity contribution in [2.24, 2.45) is 0 Å². The largest absolute Gasteiger partial charge is 0.497 e. The second kappa shape index (κ2) is 3.81. The summed E-state index contributed by atoms with van der Waals surface area (Å²) < 4.78 is 10.4. The summed E-state index contributed by atoms with van der Waals surface area (Å²) >= 11 is 0. The zero-order chi connectivity index (χ0) is 10.8. The zero-order valence-corrected chi connectivity index (χ0v) is 8.40. The molecule has 0 bridgehead atoms. The number of benzene rings is 1. The maximum absolute atomic E-state index is 10.7. The van der Waals surface area contributed by atoms with E-state index in [2.05, 4.69) is 0 Å². The van der Waals surface area contributed by atoms with Crippen molar-refractivity contribution >= 4 is 5.97 Å². The van der Waals surface area contributed by atoms with E-state index in [9.17, 15) is 4.79 Å². The molecule has 1 heterocycles. The van der Waals surface area contributed by atoms with E-state index in [4.69, 9.17) is 14.6 Å². The number of aryl methyl sites for hydroxylation is 1. The fraction of sp³-hybridized carbons (Fsp3) is 0.364. The Labute approximate surface area is 87.4 Å². The van der Waals surface area contributed by atoms with Gasteiger partial charge in [-0.25, -0.2) is 4.79 Å². The maximum atomic E-state index is 10.7. The second-order valence-corrected chi connectivity index (χ2v) is 3.46. The van der Waals surface area contributed by atoms with Crippen LogP contribution in [0, 0.1) is 0 Å². The van der Waals surface area contributed by atoms with Crippen LogP contribution in [0.5, 0.6) is 11.5 Å². The fourth-order valence-corrected chi connectivity index (χ4v) is 1.67. The molecule has 0 fully saturated rings. The summed E-state index contributed by atoms with van der Waals surface area (Å²) in [6, 6.07) is 5.40. The first-order valence-electron chi connectivity index (χ1n) is 4.77. The lowest BCUT2D eigenvalue weighted by Gasteiger charge is -2.23. The lowest BCUT2D eigenvalue weighted by molar-refractivity contribution is -0.145. The topological polar surface area (TPSA) is 55.8 Å². The third kappa shape index (κ3) is 1.88. The molecule has 1 aliphatic rings. The lowest BCUT2D eigenvalue weighted by atomic mass is 10.0. The molecule has 0 aliphatic carbocycles. The monoisotopic (exact) mass is 208 g/mol. The molecule has 0 amide bonds. The highest BCUT2D eigenvalue weighted by Crippen LogP contribution is 2.30. The second-order valence-electron chi connectivity index (χ2n) is 3.46. The summed E-state index contributed by atoms with van der Waals surface area (Å²) in [5, 5.41) is 8.81. The predicted octanol–water partition coefficient (Wildman–Crippen LogP) is 1.47. The van der Waals surface area contributed by atoms with Crippen molar-refractivity contribution in [1.82, 2.24) is 0 Å². The molecule has 15 heavy (non-hydrogen) atoms. The highest BCUT2D eigenvalue weighted by atomic mass is 16.5. The van der Waals surface area contributed by atoms with Crippen molar-refractivity contribution in [3.63, 3.8) is 0 Å². The van der Waals surface area contributed by atoms with Gasteiger partial charge >= 0.3 is 5.97 Å². The summed E-state index contributed by atoms with van der Waals surface area (Å²) in [6.45, 7) is 0. The van der Waals surface area contributed by atoms with Gasteiger partial charge in [-0.2, -0.15) is 0 Å². The molecule has 0 radical (unpaired) electrons. The Hall–Kier alpha value is -1.71. The van der Waals surface area contributed by atoms with Crippen LogP contribution in [0.3, 0.4) is 0 Å². The number of hydrogen-bond donors (Lipinski definition) is 1. The Bertz CT molecular complexity index is 386. The highest BCUT2D eigenvalue weighted by Gasteiger charge is 2.25. The van der Waals surface area contributed by atoms with Gasteiger partial charge in [0.25, 0.3) is 0 Å². The van der Waals surface area contributed by atoms with Crippen molar-refractivity contribution < 1.29 is 19.4 Å². The smallest absolute Gasteiger partial charge is 0.344 e. The molecule has 0 aromatic heterocycles. The fourth-order valence-electron chi connectivity index (χ4n) is 1.67. The van der Waals surface area contributed by atoms with Gasteiger partial charge in [0.15, 0.2) is 6.10 Å². The summed E-state index contributed by atoms with van der Waals surface area (Å²) in [5.74, 6) is 0.511. The number of rotatable bonds is 2. The van der Waals surface area contributed by atoms with Crippen LogP contribution in [0.4, 0.5) is 0 Å². The van der Waals surface area contributed by atoms with Crippen molar-refractivity contribution in [3.8, 4) is 11.5 Å². The minimum atomic E-state index is -0.906. The van der Waals surface area contributed by atoms with Crippen LogP contribution in [0.2, 0.25) is 0 Å². The van der Waals surface area contributed by atoms with Gasteiger partial charge in [-0.05, 0) is 36.6 Å². The molecule has 1 aromatic carbocycles. The van der Waals surface area contributed by atoms with Gasteiger partial charge in [0.05, 0.1) is 7.11 Å². The summed E-state index contributed by atoms with van der Waals surface area (Å²) in [6.07, 6.45) is 0.504. The van der Waals surface area contributed by atoms with Crippen LogP contribution >= 0.6 is 0 Å². The molecule has 1 N–H and O–H groups in total. The molecule has 0 saturated heterocycles. The Morgan fingerprint density at radius 1 is 1.60 bits per heavy atom. The van der Waals surface area contributed by atoms with E-state index in [-0.39, 0.29) is 0 Å². The Morgan fingerprint density at radius 2 is 2.40 bits per heavy atom. The molecule has 2 rings (SSSR count). The van der Waals surface area contributed by atoms with E-state index in [0.29, 0.717) is 18.6 Å². The van der Waals surface area contributed by atoms with Crippen LogP contribution < -0.4 is 9.47 Å². The SMILES string of the molecule is COc1ccc2c(c1)CCC(C(=O)O)O2. The number of carboxylic acids is 1. The van der Waals surface area contributed by atoms with E-state index in [1.165, 1.54) is 0 Å².